The molecule has 1 amide bonds. The summed E-state index contributed by atoms with van der Waals surface area (Å²) in [4.78, 5) is 16.3. The summed E-state index contributed by atoms with van der Waals surface area (Å²) in [7, 11) is 1.57. The van der Waals surface area contributed by atoms with E-state index >= 15 is 0 Å². The number of nitrogens with two attached hydrogens (primary N) is 1. The van der Waals surface area contributed by atoms with Crippen molar-refractivity contribution in [3.8, 4) is 5.75 Å². The number of carbonyl (C=O) groups is 1. The van der Waals surface area contributed by atoms with Gasteiger partial charge in [-0.1, -0.05) is 32.0 Å². The molecule has 0 aromatic heterocycles. The molecule has 2 rings (SSSR count). The SMILES string of the molecule is CCC(C)c1ccc(NC(N)=NCCNC(=O)c2cccc(OC)c2)cc1. The molecular weight excluding hydrogens is 340 g/mol. The number of carbonyl (C=O) groups excluding carboxylic acids is 1. The smallest absolute Gasteiger partial charge is 0.251 e. The summed E-state index contributed by atoms with van der Waals surface area (Å²) < 4.78 is 5.12. The van der Waals surface area contributed by atoms with Crippen LogP contribution in [0.4, 0.5) is 5.69 Å². The summed E-state index contributed by atoms with van der Waals surface area (Å²) in [5.74, 6) is 1.34. The van der Waals surface area contributed by atoms with Gasteiger partial charge in [-0.2, -0.15) is 0 Å². The van der Waals surface area contributed by atoms with Gasteiger partial charge in [0, 0.05) is 17.8 Å². The van der Waals surface area contributed by atoms with E-state index in [4.69, 9.17) is 10.5 Å². The first-order chi connectivity index (χ1) is 13.0. The molecule has 0 heterocycles. The van der Waals surface area contributed by atoms with E-state index < -0.39 is 0 Å². The number of hydrogen-bond donors (Lipinski definition) is 3. The van der Waals surface area contributed by atoms with Crippen molar-refractivity contribution < 1.29 is 9.53 Å². The van der Waals surface area contributed by atoms with E-state index in [1.807, 2.05) is 12.1 Å². The second-order valence-corrected chi connectivity index (χ2v) is 6.31. The molecule has 4 N–H and O–H groups in total. The van der Waals surface area contributed by atoms with E-state index in [-0.39, 0.29) is 5.91 Å². The van der Waals surface area contributed by atoms with Gasteiger partial charge in [0.1, 0.15) is 5.75 Å². The van der Waals surface area contributed by atoms with Gasteiger partial charge < -0.3 is 21.1 Å². The molecule has 0 aliphatic carbocycles. The molecule has 1 atom stereocenters. The summed E-state index contributed by atoms with van der Waals surface area (Å²) in [5.41, 5.74) is 8.65. The molecule has 0 spiro atoms. The molecule has 0 aliphatic heterocycles. The van der Waals surface area contributed by atoms with E-state index in [2.05, 4.69) is 41.6 Å². The third kappa shape index (κ3) is 6.33. The summed E-state index contributed by atoms with van der Waals surface area (Å²) in [5, 5.41) is 5.87. The van der Waals surface area contributed by atoms with Crippen LogP contribution >= 0.6 is 0 Å². The maximum atomic E-state index is 12.1. The molecule has 2 aromatic rings. The Labute approximate surface area is 160 Å². The first-order valence-electron chi connectivity index (χ1n) is 9.12. The second kappa shape index (κ2) is 10.2. The average molecular weight is 368 g/mol. The molecule has 0 saturated carbocycles. The molecule has 27 heavy (non-hydrogen) atoms. The Balaban J connectivity index is 1.79. The number of amides is 1. The Morgan fingerprint density at radius 2 is 1.96 bits per heavy atom. The van der Waals surface area contributed by atoms with Crippen LogP contribution in [0.25, 0.3) is 0 Å². The van der Waals surface area contributed by atoms with Crippen molar-refractivity contribution >= 4 is 17.6 Å². The van der Waals surface area contributed by atoms with Gasteiger partial charge in [0.05, 0.1) is 13.7 Å². The van der Waals surface area contributed by atoms with Crippen molar-refractivity contribution in [2.24, 2.45) is 10.7 Å². The number of guanidine groups is 1. The highest BCUT2D eigenvalue weighted by molar-refractivity contribution is 5.94. The molecule has 6 heteroatoms. The average Bonchev–Trinajstić information content (AvgIpc) is 2.71. The van der Waals surface area contributed by atoms with Gasteiger partial charge in [0.25, 0.3) is 5.91 Å². The fourth-order valence-corrected chi connectivity index (χ4v) is 2.53. The largest absolute Gasteiger partial charge is 0.497 e. The van der Waals surface area contributed by atoms with Crippen molar-refractivity contribution in [1.82, 2.24) is 5.32 Å². The van der Waals surface area contributed by atoms with Crippen molar-refractivity contribution in [3.63, 3.8) is 0 Å². The zero-order chi connectivity index (χ0) is 19.6. The van der Waals surface area contributed by atoms with Gasteiger partial charge in [-0.05, 0) is 48.2 Å². The molecule has 1 unspecified atom stereocenters. The summed E-state index contributed by atoms with van der Waals surface area (Å²) in [6, 6.07) is 15.2. The van der Waals surface area contributed by atoms with Crippen LogP contribution in [-0.4, -0.2) is 32.1 Å². The number of rotatable bonds is 8. The molecule has 0 aliphatic rings. The number of methoxy groups -OCH3 is 1. The Bertz CT molecular complexity index is 772. The lowest BCUT2D eigenvalue weighted by Crippen LogP contribution is -2.28. The number of nitrogens with zero attached hydrogens (tertiary/aromatic N) is 1. The predicted molar refractivity (Wildman–Crippen MR) is 111 cm³/mol. The Morgan fingerprint density at radius 1 is 1.22 bits per heavy atom. The van der Waals surface area contributed by atoms with E-state index in [9.17, 15) is 4.79 Å². The zero-order valence-electron chi connectivity index (χ0n) is 16.2. The molecule has 2 aromatic carbocycles. The molecular formula is C21H28N4O2. The van der Waals surface area contributed by atoms with E-state index in [0.717, 1.165) is 12.1 Å². The molecule has 144 valence electrons. The number of ether oxygens (including phenoxy) is 1. The zero-order valence-corrected chi connectivity index (χ0v) is 16.2. The maximum absolute atomic E-state index is 12.1. The minimum Gasteiger partial charge on any atom is -0.497 e. The van der Waals surface area contributed by atoms with Crippen LogP contribution in [0.5, 0.6) is 5.75 Å². The minimum atomic E-state index is -0.170. The lowest BCUT2D eigenvalue weighted by atomic mass is 9.99. The number of aliphatic imine (C=N–C) groups is 1. The number of anilines is 1. The topological polar surface area (TPSA) is 88.7 Å². The van der Waals surface area contributed by atoms with Gasteiger partial charge in [-0.25, -0.2) is 0 Å². The highest BCUT2D eigenvalue weighted by Gasteiger charge is 2.06. The highest BCUT2D eigenvalue weighted by atomic mass is 16.5. The maximum Gasteiger partial charge on any atom is 0.251 e. The minimum absolute atomic E-state index is 0.170. The normalized spacial score (nSPS) is 12.3. The van der Waals surface area contributed by atoms with Gasteiger partial charge >= 0.3 is 0 Å². The quantitative estimate of drug-likeness (QED) is 0.379. The third-order valence-electron chi connectivity index (χ3n) is 4.38. The molecule has 0 bridgehead atoms. The molecule has 6 nitrogen and oxygen atoms in total. The standard InChI is InChI=1S/C21H28N4O2/c1-4-15(2)16-8-10-18(11-9-16)25-21(22)24-13-12-23-20(26)17-6-5-7-19(14-17)27-3/h5-11,14-15H,4,12-13H2,1-3H3,(H,23,26)(H3,22,24,25). The lowest BCUT2D eigenvalue weighted by molar-refractivity contribution is 0.0954. The Hall–Kier alpha value is -3.02. The van der Waals surface area contributed by atoms with E-state index in [1.54, 1.807) is 31.4 Å². The van der Waals surface area contributed by atoms with E-state index in [1.165, 1.54) is 5.56 Å². The summed E-state index contributed by atoms with van der Waals surface area (Å²) in [6.45, 7) is 5.16. The second-order valence-electron chi connectivity index (χ2n) is 6.31. The van der Waals surface area contributed by atoms with Crippen LogP contribution in [0.1, 0.15) is 42.1 Å². The highest BCUT2D eigenvalue weighted by Crippen LogP contribution is 2.20. The summed E-state index contributed by atoms with van der Waals surface area (Å²) >= 11 is 0. The first-order valence-corrected chi connectivity index (χ1v) is 9.12. The van der Waals surface area contributed by atoms with Crippen LogP contribution in [0.3, 0.4) is 0 Å². The first kappa shape index (κ1) is 20.3. The van der Waals surface area contributed by atoms with Gasteiger partial charge in [0.15, 0.2) is 5.96 Å². The Kier molecular flexibility index (Phi) is 7.67. The molecule has 0 fully saturated rings. The van der Waals surface area contributed by atoms with Crippen LogP contribution in [0.2, 0.25) is 0 Å². The fraction of sp³-hybridized carbons (Fsp3) is 0.333. The van der Waals surface area contributed by atoms with Crippen molar-refractivity contribution in [2.45, 2.75) is 26.2 Å². The van der Waals surface area contributed by atoms with Crippen LogP contribution in [-0.2, 0) is 0 Å². The van der Waals surface area contributed by atoms with Crippen molar-refractivity contribution in [2.75, 3.05) is 25.5 Å². The molecule has 0 saturated heterocycles. The van der Waals surface area contributed by atoms with Gasteiger partial charge in [-0.3, -0.25) is 9.79 Å². The number of hydrogen-bond acceptors (Lipinski definition) is 3. The summed E-state index contributed by atoms with van der Waals surface area (Å²) in [6.07, 6.45) is 1.11. The predicted octanol–water partition coefficient (Wildman–Crippen LogP) is 3.37. The fourth-order valence-electron chi connectivity index (χ4n) is 2.53. The van der Waals surface area contributed by atoms with Crippen molar-refractivity contribution in [3.05, 3.63) is 59.7 Å². The van der Waals surface area contributed by atoms with Crippen LogP contribution in [0.15, 0.2) is 53.5 Å². The number of benzene rings is 2. The lowest BCUT2D eigenvalue weighted by Gasteiger charge is -2.11. The monoisotopic (exact) mass is 368 g/mol. The van der Waals surface area contributed by atoms with Crippen LogP contribution < -0.4 is 21.1 Å². The molecule has 0 radical (unpaired) electrons. The Morgan fingerprint density at radius 3 is 2.63 bits per heavy atom. The van der Waals surface area contributed by atoms with Gasteiger partial charge in [-0.15, -0.1) is 0 Å². The van der Waals surface area contributed by atoms with Gasteiger partial charge in [0.2, 0.25) is 0 Å². The number of nitrogens with one attached hydrogen (secondary N) is 2. The third-order valence-corrected chi connectivity index (χ3v) is 4.38. The van der Waals surface area contributed by atoms with Crippen LogP contribution in [0, 0.1) is 0 Å². The van der Waals surface area contributed by atoms with Crippen molar-refractivity contribution in [1.29, 1.82) is 0 Å². The van der Waals surface area contributed by atoms with E-state index in [0.29, 0.717) is 36.3 Å².